The first-order chi connectivity index (χ1) is 17.2. The molecule has 0 spiro atoms. The normalized spacial score (nSPS) is 13.4. The molecule has 5 aromatic rings. The second kappa shape index (κ2) is 8.83. The molecule has 0 amide bonds. The van der Waals surface area contributed by atoms with E-state index in [1.54, 1.807) is 6.20 Å². The molecule has 176 valence electrons. The minimum Gasteiger partial charge on any atom is -0.350 e. The lowest BCUT2D eigenvalue weighted by Gasteiger charge is -2.28. The van der Waals surface area contributed by atoms with Gasteiger partial charge in [-0.3, -0.25) is 4.98 Å². The van der Waals surface area contributed by atoms with Crippen LogP contribution in [0.4, 0.5) is 11.9 Å². The summed E-state index contributed by atoms with van der Waals surface area (Å²) < 4.78 is 3.69. The van der Waals surface area contributed by atoms with Crippen LogP contribution in [0.3, 0.4) is 0 Å². The lowest BCUT2D eigenvalue weighted by molar-refractivity contribution is 0.687. The van der Waals surface area contributed by atoms with Crippen molar-refractivity contribution in [3.63, 3.8) is 0 Å². The Morgan fingerprint density at radius 2 is 1.91 bits per heavy atom. The van der Waals surface area contributed by atoms with Gasteiger partial charge in [0, 0.05) is 55.9 Å². The Hall–Kier alpha value is -4.27. The van der Waals surface area contributed by atoms with Gasteiger partial charge in [0.15, 0.2) is 5.65 Å². The van der Waals surface area contributed by atoms with Gasteiger partial charge < -0.3 is 10.2 Å². The number of anilines is 2. The third kappa shape index (κ3) is 3.99. The van der Waals surface area contributed by atoms with Crippen molar-refractivity contribution in [2.75, 3.05) is 16.8 Å². The van der Waals surface area contributed by atoms with Crippen LogP contribution in [-0.2, 0) is 19.5 Å². The molecule has 1 N–H and O–H groups in total. The van der Waals surface area contributed by atoms with E-state index in [2.05, 4.69) is 57.4 Å². The fourth-order valence-corrected chi connectivity index (χ4v) is 4.55. The standard InChI is InChI=1S/C26H27N9/c1-18(2)21-16-30-35-24(21)31-26(33-14-10-22-20(17-33)8-5-11-27-22)32-25(35)28-15-19-7-3-4-9-23(19)34-13-6-12-29-34/h3-9,11-13,16,18H,10,14-15,17H2,1-2H3,(H,28,31,32). The summed E-state index contributed by atoms with van der Waals surface area (Å²) in [7, 11) is 0. The molecule has 4 aromatic heterocycles. The van der Waals surface area contributed by atoms with Crippen molar-refractivity contribution >= 4 is 17.5 Å². The number of hydrogen-bond donors (Lipinski definition) is 1. The van der Waals surface area contributed by atoms with E-state index in [1.165, 1.54) is 5.56 Å². The first kappa shape index (κ1) is 21.3. The average molecular weight is 466 g/mol. The highest BCUT2D eigenvalue weighted by molar-refractivity contribution is 5.57. The molecule has 1 aromatic carbocycles. The Labute approximate surface area is 203 Å². The topological polar surface area (TPSA) is 89.1 Å². The number of para-hydroxylation sites is 1. The van der Waals surface area contributed by atoms with Gasteiger partial charge in [-0.1, -0.05) is 38.1 Å². The van der Waals surface area contributed by atoms with Crippen LogP contribution in [-0.4, -0.2) is 40.9 Å². The zero-order valence-electron chi connectivity index (χ0n) is 19.8. The molecule has 0 unspecified atom stereocenters. The summed E-state index contributed by atoms with van der Waals surface area (Å²) in [5, 5.41) is 12.6. The Morgan fingerprint density at radius 1 is 1.00 bits per heavy atom. The van der Waals surface area contributed by atoms with Crippen molar-refractivity contribution in [3.05, 3.63) is 89.6 Å². The third-order valence-corrected chi connectivity index (χ3v) is 6.43. The third-order valence-electron chi connectivity index (χ3n) is 6.43. The highest BCUT2D eigenvalue weighted by Gasteiger charge is 2.22. The van der Waals surface area contributed by atoms with Crippen LogP contribution < -0.4 is 10.2 Å². The van der Waals surface area contributed by atoms with Crippen molar-refractivity contribution in [1.82, 2.24) is 34.3 Å². The number of benzene rings is 1. The second-order valence-corrected chi connectivity index (χ2v) is 9.05. The van der Waals surface area contributed by atoms with E-state index in [1.807, 2.05) is 52.1 Å². The van der Waals surface area contributed by atoms with E-state index >= 15 is 0 Å². The summed E-state index contributed by atoms with van der Waals surface area (Å²) in [5.41, 5.74) is 6.46. The van der Waals surface area contributed by atoms with Gasteiger partial charge in [-0.05, 0) is 35.2 Å². The van der Waals surface area contributed by atoms with Gasteiger partial charge in [0.2, 0.25) is 11.9 Å². The van der Waals surface area contributed by atoms with Crippen LogP contribution in [0.5, 0.6) is 0 Å². The van der Waals surface area contributed by atoms with Gasteiger partial charge in [0.1, 0.15) is 0 Å². The Bertz CT molecular complexity index is 1470. The molecule has 0 fully saturated rings. The summed E-state index contributed by atoms with van der Waals surface area (Å²) in [6.07, 6.45) is 8.37. The van der Waals surface area contributed by atoms with Crippen LogP contribution in [0, 0.1) is 0 Å². The number of fused-ring (bicyclic) bond motifs is 2. The number of aromatic nitrogens is 7. The van der Waals surface area contributed by atoms with E-state index < -0.39 is 0 Å². The lowest BCUT2D eigenvalue weighted by Crippen LogP contribution is -2.32. The molecule has 5 heterocycles. The summed E-state index contributed by atoms with van der Waals surface area (Å²) in [6.45, 7) is 6.47. The predicted octanol–water partition coefficient (Wildman–Crippen LogP) is 4.00. The maximum Gasteiger partial charge on any atom is 0.231 e. The number of nitrogens with one attached hydrogen (secondary N) is 1. The average Bonchev–Trinajstić information content (AvgIpc) is 3.57. The fraction of sp³-hybridized carbons (Fsp3) is 0.269. The van der Waals surface area contributed by atoms with E-state index in [0.717, 1.165) is 47.7 Å². The van der Waals surface area contributed by atoms with Crippen LogP contribution >= 0.6 is 0 Å². The van der Waals surface area contributed by atoms with E-state index in [9.17, 15) is 0 Å². The summed E-state index contributed by atoms with van der Waals surface area (Å²) >= 11 is 0. The predicted molar refractivity (Wildman–Crippen MR) is 135 cm³/mol. The zero-order valence-corrected chi connectivity index (χ0v) is 19.8. The Morgan fingerprint density at radius 3 is 2.77 bits per heavy atom. The largest absolute Gasteiger partial charge is 0.350 e. The van der Waals surface area contributed by atoms with Crippen LogP contribution in [0.15, 0.2) is 67.3 Å². The number of pyridine rings is 1. The summed E-state index contributed by atoms with van der Waals surface area (Å²) in [4.78, 5) is 16.7. The van der Waals surface area contributed by atoms with Crippen molar-refractivity contribution in [3.8, 4) is 5.69 Å². The minimum absolute atomic E-state index is 0.301. The molecule has 0 saturated carbocycles. The van der Waals surface area contributed by atoms with Crippen molar-refractivity contribution < 1.29 is 0 Å². The van der Waals surface area contributed by atoms with Crippen LogP contribution in [0.2, 0.25) is 0 Å². The molecule has 1 aliphatic rings. The quantitative estimate of drug-likeness (QED) is 0.405. The molecule has 1 aliphatic heterocycles. The molecule has 0 saturated heterocycles. The molecule has 35 heavy (non-hydrogen) atoms. The lowest BCUT2D eigenvalue weighted by atomic mass is 10.1. The number of nitrogens with zero attached hydrogens (tertiary/aromatic N) is 8. The van der Waals surface area contributed by atoms with Gasteiger partial charge >= 0.3 is 0 Å². The molecule has 9 heteroatoms. The molecule has 0 atom stereocenters. The minimum atomic E-state index is 0.301. The first-order valence-electron chi connectivity index (χ1n) is 11.9. The van der Waals surface area contributed by atoms with Crippen molar-refractivity contribution in [2.45, 2.75) is 39.3 Å². The van der Waals surface area contributed by atoms with Gasteiger partial charge in [-0.25, -0.2) is 4.68 Å². The summed E-state index contributed by atoms with van der Waals surface area (Å²) in [6, 6.07) is 14.3. The molecule has 0 radical (unpaired) electrons. The smallest absolute Gasteiger partial charge is 0.231 e. The molecular weight excluding hydrogens is 438 g/mol. The molecule has 6 rings (SSSR count). The Balaban J connectivity index is 1.37. The number of hydrogen-bond acceptors (Lipinski definition) is 7. The molecule has 0 aliphatic carbocycles. The maximum atomic E-state index is 4.97. The number of rotatable bonds is 6. The highest BCUT2D eigenvalue weighted by atomic mass is 15.4. The van der Waals surface area contributed by atoms with E-state index in [0.29, 0.717) is 24.4 Å². The first-order valence-corrected chi connectivity index (χ1v) is 11.9. The Kier molecular flexibility index (Phi) is 5.36. The van der Waals surface area contributed by atoms with Gasteiger partial charge in [0.25, 0.3) is 0 Å². The second-order valence-electron chi connectivity index (χ2n) is 9.05. The van der Waals surface area contributed by atoms with Crippen molar-refractivity contribution in [1.29, 1.82) is 0 Å². The SMILES string of the molecule is CC(C)c1cnn2c(NCc3ccccc3-n3cccn3)nc(N3CCc4ncccc4C3)nc12. The van der Waals surface area contributed by atoms with Gasteiger partial charge in [0.05, 0.1) is 11.9 Å². The molecule has 0 bridgehead atoms. The van der Waals surface area contributed by atoms with Crippen molar-refractivity contribution in [2.24, 2.45) is 0 Å². The van der Waals surface area contributed by atoms with E-state index in [4.69, 9.17) is 9.97 Å². The molecule has 9 nitrogen and oxygen atoms in total. The van der Waals surface area contributed by atoms with Gasteiger partial charge in [-0.2, -0.15) is 24.7 Å². The summed E-state index contributed by atoms with van der Waals surface area (Å²) in [5.74, 6) is 1.68. The maximum absolute atomic E-state index is 4.97. The van der Waals surface area contributed by atoms with Crippen LogP contribution in [0.1, 0.15) is 42.1 Å². The monoisotopic (exact) mass is 465 g/mol. The van der Waals surface area contributed by atoms with E-state index in [-0.39, 0.29) is 0 Å². The zero-order chi connectivity index (χ0) is 23.8. The highest BCUT2D eigenvalue weighted by Crippen LogP contribution is 2.26. The van der Waals surface area contributed by atoms with Gasteiger partial charge in [-0.15, -0.1) is 0 Å². The van der Waals surface area contributed by atoms with Crippen LogP contribution in [0.25, 0.3) is 11.3 Å². The molecular formula is C26H27N9. The fourth-order valence-electron chi connectivity index (χ4n) is 4.55.